The van der Waals surface area contributed by atoms with E-state index in [1.54, 1.807) is 6.07 Å². The van der Waals surface area contributed by atoms with Crippen LogP contribution < -0.4 is 10.5 Å². The van der Waals surface area contributed by atoms with Crippen molar-refractivity contribution in [2.75, 3.05) is 6.61 Å². The van der Waals surface area contributed by atoms with E-state index in [9.17, 15) is 8.42 Å². The molecule has 0 amide bonds. The van der Waals surface area contributed by atoms with Crippen LogP contribution in [0.4, 0.5) is 0 Å². The SMILES string of the molecule is CCOC1CC(NS(=O)(=O)c2ccc(Cl)c(CN)c2)C1. The summed E-state index contributed by atoms with van der Waals surface area (Å²) in [4.78, 5) is 0.196. The molecule has 0 bridgehead atoms. The van der Waals surface area contributed by atoms with Crippen LogP contribution >= 0.6 is 11.6 Å². The third-order valence-corrected chi connectivity index (χ3v) is 5.25. The van der Waals surface area contributed by atoms with Gasteiger partial charge < -0.3 is 10.5 Å². The minimum atomic E-state index is -3.53. The lowest BCUT2D eigenvalue weighted by atomic mass is 9.90. The predicted octanol–water partition coefficient (Wildman–Crippen LogP) is 1.64. The molecule has 7 heteroatoms. The van der Waals surface area contributed by atoms with E-state index < -0.39 is 10.0 Å². The van der Waals surface area contributed by atoms with Crippen LogP contribution in [0, 0.1) is 0 Å². The van der Waals surface area contributed by atoms with Crippen molar-refractivity contribution in [3.05, 3.63) is 28.8 Å². The largest absolute Gasteiger partial charge is 0.378 e. The Morgan fingerprint density at radius 2 is 2.15 bits per heavy atom. The number of sulfonamides is 1. The minimum Gasteiger partial charge on any atom is -0.378 e. The molecule has 0 saturated heterocycles. The summed E-state index contributed by atoms with van der Waals surface area (Å²) in [6.07, 6.45) is 1.59. The molecule has 0 aromatic heterocycles. The van der Waals surface area contributed by atoms with Gasteiger partial charge in [0.15, 0.2) is 0 Å². The van der Waals surface area contributed by atoms with Crippen molar-refractivity contribution in [2.24, 2.45) is 5.73 Å². The Hall–Kier alpha value is -0.660. The number of nitrogens with two attached hydrogens (primary N) is 1. The molecule has 1 aromatic carbocycles. The normalized spacial score (nSPS) is 22.6. The molecule has 0 unspecified atom stereocenters. The summed E-state index contributed by atoms with van der Waals surface area (Å²) < 4.78 is 32.6. The molecule has 3 N–H and O–H groups in total. The summed E-state index contributed by atoms with van der Waals surface area (Å²) in [5.74, 6) is 0. The number of halogens is 1. The van der Waals surface area contributed by atoms with Gasteiger partial charge in [-0.15, -0.1) is 0 Å². The highest BCUT2D eigenvalue weighted by Gasteiger charge is 2.33. The zero-order valence-corrected chi connectivity index (χ0v) is 12.9. The fourth-order valence-corrected chi connectivity index (χ4v) is 3.70. The van der Waals surface area contributed by atoms with Crippen LogP contribution in [-0.2, 0) is 21.3 Å². The maximum atomic E-state index is 12.2. The van der Waals surface area contributed by atoms with Gasteiger partial charge in [-0.2, -0.15) is 0 Å². The molecule has 0 heterocycles. The average Bonchev–Trinajstić information content (AvgIpc) is 2.36. The third-order valence-electron chi connectivity index (χ3n) is 3.37. The lowest BCUT2D eigenvalue weighted by Gasteiger charge is -2.35. The molecule has 1 saturated carbocycles. The zero-order valence-electron chi connectivity index (χ0n) is 11.3. The van der Waals surface area contributed by atoms with Gasteiger partial charge in [-0.3, -0.25) is 0 Å². The maximum Gasteiger partial charge on any atom is 0.240 e. The Bertz CT molecular complexity index is 571. The first-order valence-electron chi connectivity index (χ1n) is 6.58. The lowest BCUT2D eigenvalue weighted by Crippen LogP contribution is -2.47. The maximum absolute atomic E-state index is 12.2. The first-order chi connectivity index (χ1) is 9.46. The van der Waals surface area contributed by atoms with E-state index in [0.717, 1.165) is 0 Å². The van der Waals surface area contributed by atoms with E-state index >= 15 is 0 Å². The molecule has 1 fully saturated rings. The smallest absolute Gasteiger partial charge is 0.240 e. The molecular weight excluding hydrogens is 300 g/mol. The summed E-state index contributed by atoms with van der Waals surface area (Å²) in [6.45, 7) is 2.79. The van der Waals surface area contributed by atoms with Gasteiger partial charge in [0.05, 0.1) is 11.0 Å². The first-order valence-corrected chi connectivity index (χ1v) is 8.44. The second kappa shape index (κ2) is 6.41. The summed E-state index contributed by atoms with van der Waals surface area (Å²) in [5, 5.41) is 0.478. The van der Waals surface area contributed by atoms with E-state index in [0.29, 0.717) is 30.0 Å². The first kappa shape index (κ1) is 15.7. The van der Waals surface area contributed by atoms with Crippen molar-refractivity contribution >= 4 is 21.6 Å². The number of hydrogen-bond donors (Lipinski definition) is 2. The van der Waals surface area contributed by atoms with Crippen molar-refractivity contribution in [3.63, 3.8) is 0 Å². The van der Waals surface area contributed by atoms with Crippen LogP contribution in [0.25, 0.3) is 0 Å². The van der Waals surface area contributed by atoms with Crippen LogP contribution in [0.15, 0.2) is 23.1 Å². The van der Waals surface area contributed by atoms with Crippen LogP contribution in [0.3, 0.4) is 0 Å². The molecule has 5 nitrogen and oxygen atoms in total. The second-order valence-corrected chi connectivity index (χ2v) is 6.95. The van der Waals surface area contributed by atoms with Gasteiger partial charge in [-0.25, -0.2) is 13.1 Å². The van der Waals surface area contributed by atoms with E-state index in [-0.39, 0.29) is 23.6 Å². The molecule has 1 aliphatic carbocycles. The van der Waals surface area contributed by atoms with Gasteiger partial charge in [-0.1, -0.05) is 11.6 Å². The highest BCUT2D eigenvalue weighted by molar-refractivity contribution is 7.89. The van der Waals surface area contributed by atoms with Crippen molar-refractivity contribution in [3.8, 4) is 0 Å². The summed E-state index contributed by atoms with van der Waals surface area (Å²) in [5.41, 5.74) is 6.16. The Balaban J connectivity index is 2.04. The van der Waals surface area contributed by atoms with Crippen LogP contribution in [0.1, 0.15) is 25.3 Å². The van der Waals surface area contributed by atoms with Crippen molar-refractivity contribution < 1.29 is 13.2 Å². The Labute approximate surface area is 124 Å². The number of benzene rings is 1. The summed E-state index contributed by atoms with van der Waals surface area (Å²) >= 11 is 5.93. The molecule has 1 aliphatic rings. The van der Waals surface area contributed by atoms with Gasteiger partial charge >= 0.3 is 0 Å². The van der Waals surface area contributed by atoms with Crippen molar-refractivity contribution in [1.29, 1.82) is 0 Å². The molecule has 20 heavy (non-hydrogen) atoms. The molecule has 0 aliphatic heterocycles. The van der Waals surface area contributed by atoms with E-state index in [4.69, 9.17) is 22.1 Å². The van der Waals surface area contributed by atoms with Gasteiger partial charge in [0.25, 0.3) is 0 Å². The molecule has 2 rings (SSSR count). The van der Waals surface area contributed by atoms with Crippen molar-refractivity contribution in [2.45, 2.75) is 43.4 Å². The second-order valence-electron chi connectivity index (χ2n) is 4.82. The Morgan fingerprint density at radius 3 is 2.75 bits per heavy atom. The molecule has 0 spiro atoms. The number of nitrogens with one attached hydrogen (secondary N) is 1. The molecular formula is C13H19ClN2O3S. The lowest BCUT2D eigenvalue weighted by molar-refractivity contribution is -0.00475. The Morgan fingerprint density at radius 1 is 1.45 bits per heavy atom. The number of hydrogen-bond acceptors (Lipinski definition) is 4. The van der Waals surface area contributed by atoms with E-state index in [1.165, 1.54) is 12.1 Å². The van der Waals surface area contributed by atoms with E-state index in [1.807, 2.05) is 6.92 Å². The highest BCUT2D eigenvalue weighted by Crippen LogP contribution is 2.26. The molecule has 112 valence electrons. The summed E-state index contributed by atoms with van der Waals surface area (Å²) in [7, 11) is -3.53. The van der Waals surface area contributed by atoms with Crippen LogP contribution in [0.5, 0.6) is 0 Å². The quantitative estimate of drug-likeness (QED) is 0.835. The molecule has 0 radical (unpaired) electrons. The third kappa shape index (κ3) is 3.51. The van der Waals surface area contributed by atoms with Crippen LogP contribution in [-0.4, -0.2) is 27.2 Å². The van der Waals surface area contributed by atoms with Gasteiger partial charge in [0, 0.05) is 24.2 Å². The topological polar surface area (TPSA) is 81.4 Å². The molecule has 0 atom stereocenters. The molecule has 1 aromatic rings. The van der Waals surface area contributed by atoms with Gasteiger partial charge in [-0.05, 0) is 43.5 Å². The fraction of sp³-hybridized carbons (Fsp3) is 0.538. The van der Waals surface area contributed by atoms with Gasteiger partial charge in [0.2, 0.25) is 10.0 Å². The van der Waals surface area contributed by atoms with Crippen molar-refractivity contribution in [1.82, 2.24) is 4.72 Å². The standard InChI is InChI=1S/C13H19ClN2O3S/c1-2-19-11-6-10(7-11)16-20(17,18)12-3-4-13(14)9(5-12)8-15/h3-5,10-11,16H,2,6-8,15H2,1H3. The predicted molar refractivity (Wildman–Crippen MR) is 78.1 cm³/mol. The van der Waals surface area contributed by atoms with E-state index in [2.05, 4.69) is 4.72 Å². The number of rotatable bonds is 6. The van der Waals surface area contributed by atoms with Crippen LogP contribution in [0.2, 0.25) is 5.02 Å². The zero-order chi connectivity index (χ0) is 14.8. The van der Waals surface area contributed by atoms with Gasteiger partial charge in [0.1, 0.15) is 0 Å². The monoisotopic (exact) mass is 318 g/mol. The minimum absolute atomic E-state index is 0.0615. The highest BCUT2D eigenvalue weighted by atomic mass is 35.5. The average molecular weight is 319 g/mol. The summed E-state index contributed by atoms with van der Waals surface area (Å²) in [6, 6.07) is 4.50. The number of ether oxygens (including phenoxy) is 1. The Kier molecular flexibility index (Phi) is 5.04. The fourth-order valence-electron chi connectivity index (χ4n) is 2.20.